The normalized spacial score (nSPS) is 13.3. The average Bonchev–Trinajstić information content (AvgIpc) is 2.43. The van der Waals surface area contributed by atoms with Gasteiger partial charge < -0.3 is 0 Å². The fraction of sp³-hybridized carbons (Fsp3) is 0.933. The van der Waals surface area contributed by atoms with Gasteiger partial charge in [-0.05, 0) is 19.3 Å². The summed E-state index contributed by atoms with van der Waals surface area (Å²) < 4.78 is 26.7. The minimum atomic E-state index is -3.47. The van der Waals surface area contributed by atoms with Crippen LogP contribution in [0, 0.1) is 11.3 Å². The van der Waals surface area contributed by atoms with Crippen LogP contribution in [0.25, 0.3) is 0 Å². The Morgan fingerprint density at radius 1 is 0.950 bits per heavy atom. The molecule has 0 aromatic rings. The molecule has 0 N–H and O–H groups in total. The van der Waals surface area contributed by atoms with Crippen molar-refractivity contribution in [2.45, 2.75) is 77.4 Å². The van der Waals surface area contributed by atoms with Crippen LogP contribution in [-0.4, -0.2) is 31.1 Å². The van der Waals surface area contributed by atoms with Crippen LogP contribution in [0.4, 0.5) is 0 Å². The SMILES string of the molecule is CCCCCC(C#N)S(=O)(=O)N(CCCC)CCCC. The van der Waals surface area contributed by atoms with Crippen molar-refractivity contribution in [2.75, 3.05) is 13.1 Å². The molecule has 4 nitrogen and oxygen atoms in total. The summed E-state index contributed by atoms with van der Waals surface area (Å²) in [5.74, 6) is 0. The van der Waals surface area contributed by atoms with E-state index in [1.807, 2.05) is 19.9 Å². The van der Waals surface area contributed by atoms with Crippen LogP contribution >= 0.6 is 0 Å². The molecule has 0 rings (SSSR count). The van der Waals surface area contributed by atoms with Crippen molar-refractivity contribution < 1.29 is 8.42 Å². The largest absolute Gasteiger partial charge is 0.230 e. The van der Waals surface area contributed by atoms with Gasteiger partial charge in [0.15, 0.2) is 5.25 Å². The number of nitriles is 1. The highest BCUT2D eigenvalue weighted by Gasteiger charge is 2.30. The second-order valence-corrected chi connectivity index (χ2v) is 7.38. The monoisotopic (exact) mass is 302 g/mol. The Hall–Kier alpha value is -0.600. The van der Waals surface area contributed by atoms with Crippen molar-refractivity contribution >= 4 is 10.0 Å². The van der Waals surface area contributed by atoms with E-state index in [1.165, 1.54) is 0 Å². The Labute approximate surface area is 125 Å². The first kappa shape index (κ1) is 19.4. The molecular formula is C15H30N2O2S. The van der Waals surface area contributed by atoms with Crippen molar-refractivity contribution in [1.29, 1.82) is 5.26 Å². The topological polar surface area (TPSA) is 61.2 Å². The Balaban J connectivity index is 4.81. The molecule has 0 bridgehead atoms. The molecule has 0 heterocycles. The maximum Gasteiger partial charge on any atom is 0.230 e. The third kappa shape index (κ3) is 6.71. The average molecular weight is 302 g/mol. The number of hydrogen-bond donors (Lipinski definition) is 0. The summed E-state index contributed by atoms with van der Waals surface area (Å²) in [6.07, 6.45) is 6.93. The smallest absolute Gasteiger partial charge is 0.211 e. The van der Waals surface area contributed by atoms with Crippen molar-refractivity contribution in [3.05, 3.63) is 0 Å². The first-order valence-electron chi connectivity index (χ1n) is 7.93. The van der Waals surface area contributed by atoms with Crippen molar-refractivity contribution in [1.82, 2.24) is 4.31 Å². The molecule has 0 aromatic carbocycles. The number of sulfonamides is 1. The van der Waals surface area contributed by atoms with E-state index in [0.717, 1.165) is 44.9 Å². The van der Waals surface area contributed by atoms with Crippen LogP contribution in [0.1, 0.15) is 72.1 Å². The minimum absolute atomic E-state index is 0.460. The molecule has 0 saturated carbocycles. The van der Waals surface area contributed by atoms with E-state index >= 15 is 0 Å². The predicted octanol–water partition coefficient (Wildman–Crippen LogP) is 3.69. The van der Waals surface area contributed by atoms with Gasteiger partial charge in [-0.1, -0.05) is 52.9 Å². The van der Waals surface area contributed by atoms with Gasteiger partial charge in [-0.2, -0.15) is 5.26 Å². The minimum Gasteiger partial charge on any atom is -0.211 e. The lowest BCUT2D eigenvalue weighted by Gasteiger charge is -2.24. The highest BCUT2D eigenvalue weighted by Crippen LogP contribution is 2.17. The molecule has 20 heavy (non-hydrogen) atoms. The van der Waals surface area contributed by atoms with E-state index in [0.29, 0.717) is 19.5 Å². The summed E-state index contributed by atoms with van der Waals surface area (Å²) in [4.78, 5) is 0. The quantitative estimate of drug-likeness (QED) is 0.516. The first-order valence-corrected chi connectivity index (χ1v) is 9.43. The van der Waals surface area contributed by atoms with Gasteiger partial charge in [0.05, 0.1) is 6.07 Å². The van der Waals surface area contributed by atoms with Crippen LogP contribution in [0.15, 0.2) is 0 Å². The molecule has 0 spiro atoms. The van der Waals surface area contributed by atoms with Crippen molar-refractivity contribution in [2.24, 2.45) is 0 Å². The molecule has 0 aliphatic heterocycles. The van der Waals surface area contributed by atoms with Crippen LogP contribution in [-0.2, 0) is 10.0 Å². The third-order valence-electron chi connectivity index (χ3n) is 3.46. The van der Waals surface area contributed by atoms with Crippen LogP contribution in [0.3, 0.4) is 0 Å². The number of hydrogen-bond acceptors (Lipinski definition) is 3. The maximum atomic E-state index is 12.6. The Bertz CT molecular complexity index is 366. The van der Waals surface area contributed by atoms with Gasteiger partial charge in [0.25, 0.3) is 0 Å². The van der Waals surface area contributed by atoms with Gasteiger partial charge in [-0.15, -0.1) is 0 Å². The Kier molecular flexibility index (Phi) is 10.8. The highest BCUT2D eigenvalue weighted by molar-refractivity contribution is 7.90. The molecule has 0 amide bonds. The fourth-order valence-corrected chi connectivity index (χ4v) is 3.80. The Morgan fingerprint density at radius 3 is 1.85 bits per heavy atom. The van der Waals surface area contributed by atoms with Crippen LogP contribution in [0.5, 0.6) is 0 Å². The lowest BCUT2D eigenvalue weighted by atomic mass is 10.2. The second kappa shape index (κ2) is 11.1. The molecule has 0 saturated heterocycles. The zero-order valence-corrected chi connectivity index (χ0v) is 14.1. The number of unbranched alkanes of at least 4 members (excludes halogenated alkanes) is 4. The van der Waals surface area contributed by atoms with Crippen molar-refractivity contribution in [3.8, 4) is 6.07 Å². The summed E-state index contributed by atoms with van der Waals surface area (Å²) in [6.45, 7) is 7.27. The van der Waals surface area contributed by atoms with Crippen molar-refractivity contribution in [3.63, 3.8) is 0 Å². The molecule has 5 heteroatoms. The zero-order valence-electron chi connectivity index (χ0n) is 13.3. The molecule has 0 radical (unpaired) electrons. The maximum absolute atomic E-state index is 12.6. The fourth-order valence-electron chi connectivity index (χ4n) is 2.07. The van der Waals surface area contributed by atoms with Gasteiger partial charge in [0.2, 0.25) is 10.0 Å². The van der Waals surface area contributed by atoms with E-state index in [-0.39, 0.29) is 0 Å². The van der Waals surface area contributed by atoms with E-state index in [2.05, 4.69) is 6.92 Å². The third-order valence-corrected chi connectivity index (χ3v) is 5.60. The lowest BCUT2D eigenvalue weighted by Crippen LogP contribution is -2.39. The second-order valence-electron chi connectivity index (χ2n) is 5.26. The van der Waals surface area contributed by atoms with Gasteiger partial charge in [-0.3, -0.25) is 0 Å². The summed E-state index contributed by atoms with van der Waals surface area (Å²) in [7, 11) is -3.47. The van der Waals surface area contributed by atoms with E-state index < -0.39 is 15.3 Å². The molecule has 1 atom stereocenters. The summed E-state index contributed by atoms with van der Waals surface area (Å²) in [5.41, 5.74) is 0. The summed E-state index contributed by atoms with van der Waals surface area (Å²) in [6, 6.07) is 2.00. The lowest BCUT2D eigenvalue weighted by molar-refractivity contribution is 0.390. The van der Waals surface area contributed by atoms with Crippen LogP contribution < -0.4 is 0 Å². The molecular weight excluding hydrogens is 272 g/mol. The highest BCUT2D eigenvalue weighted by atomic mass is 32.2. The molecule has 0 aliphatic carbocycles. The van der Waals surface area contributed by atoms with Gasteiger partial charge in [0, 0.05) is 13.1 Å². The van der Waals surface area contributed by atoms with Gasteiger partial charge in [-0.25, -0.2) is 12.7 Å². The zero-order chi connectivity index (χ0) is 15.4. The van der Waals surface area contributed by atoms with E-state index in [9.17, 15) is 13.7 Å². The molecule has 0 aromatic heterocycles. The first-order chi connectivity index (χ1) is 9.54. The summed E-state index contributed by atoms with van der Waals surface area (Å²) >= 11 is 0. The predicted molar refractivity (Wildman–Crippen MR) is 83.9 cm³/mol. The van der Waals surface area contributed by atoms with Gasteiger partial charge in [0.1, 0.15) is 0 Å². The summed E-state index contributed by atoms with van der Waals surface area (Å²) in [5, 5.41) is 8.33. The van der Waals surface area contributed by atoms with E-state index in [1.54, 1.807) is 4.31 Å². The molecule has 1 unspecified atom stereocenters. The number of nitrogens with zero attached hydrogens (tertiary/aromatic N) is 2. The molecule has 118 valence electrons. The standard InChI is InChI=1S/C15H30N2O2S/c1-4-7-10-11-15(14-16)20(18,19)17(12-8-5-2)13-9-6-3/h15H,4-13H2,1-3H3. The Morgan fingerprint density at radius 2 is 1.45 bits per heavy atom. The molecule has 0 aliphatic rings. The van der Waals surface area contributed by atoms with Gasteiger partial charge >= 0.3 is 0 Å². The van der Waals surface area contributed by atoms with Crippen LogP contribution in [0.2, 0.25) is 0 Å². The van der Waals surface area contributed by atoms with E-state index in [4.69, 9.17) is 0 Å². The molecule has 0 fully saturated rings. The number of rotatable bonds is 12.